The highest BCUT2D eigenvalue weighted by molar-refractivity contribution is 7.89. The van der Waals surface area contributed by atoms with E-state index in [9.17, 15) is 13.2 Å². The number of rotatable bonds is 8. The molecule has 1 aromatic rings. The van der Waals surface area contributed by atoms with Gasteiger partial charge in [0.15, 0.2) is 0 Å². The van der Waals surface area contributed by atoms with Gasteiger partial charge in [0, 0.05) is 46.2 Å². The van der Waals surface area contributed by atoms with E-state index in [1.807, 2.05) is 19.1 Å². The number of carbonyl (C=O) groups is 1. The van der Waals surface area contributed by atoms with Gasteiger partial charge in [-0.3, -0.25) is 9.69 Å². The third kappa shape index (κ3) is 6.27. The van der Waals surface area contributed by atoms with Crippen molar-refractivity contribution in [1.29, 1.82) is 0 Å². The quantitative estimate of drug-likeness (QED) is 0.710. The minimum absolute atomic E-state index is 0.0508. The average molecular weight is 398 g/mol. The van der Waals surface area contributed by atoms with E-state index in [0.29, 0.717) is 18.0 Å². The predicted molar refractivity (Wildman–Crippen MR) is 105 cm³/mol. The zero-order valence-corrected chi connectivity index (χ0v) is 17.6. The van der Waals surface area contributed by atoms with E-state index in [-0.39, 0.29) is 12.5 Å². The van der Waals surface area contributed by atoms with Gasteiger partial charge in [-0.15, -0.1) is 0 Å². The van der Waals surface area contributed by atoms with Crippen LogP contribution in [-0.4, -0.2) is 76.6 Å². The van der Waals surface area contributed by atoms with E-state index in [0.717, 1.165) is 49.5 Å². The Balaban J connectivity index is 1.92. The summed E-state index contributed by atoms with van der Waals surface area (Å²) >= 11 is 0. The third-order valence-electron chi connectivity index (χ3n) is 4.78. The number of carbonyl (C=O) groups excluding carboxylic acids is 1. The molecule has 0 bridgehead atoms. The van der Waals surface area contributed by atoms with Gasteiger partial charge in [0.1, 0.15) is 0 Å². The maximum atomic E-state index is 12.7. The van der Waals surface area contributed by atoms with Crippen LogP contribution in [0.3, 0.4) is 0 Å². The molecule has 0 aromatic heterocycles. The summed E-state index contributed by atoms with van der Waals surface area (Å²) in [6, 6.07) is 3.73. The molecular weight excluding hydrogens is 366 g/mol. The number of benzene rings is 1. The molecule has 0 unspecified atom stereocenters. The maximum Gasteiger partial charge on any atom is 0.241 e. The Morgan fingerprint density at radius 3 is 2.30 bits per heavy atom. The molecule has 0 atom stereocenters. The van der Waals surface area contributed by atoms with Crippen molar-refractivity contribution in [1.82, 2.24) is 14.5 Å². The minimum Gasteiger partial charge on any atom is -0.379 e. The van der Waals surface area contributed by atoms with E-state index < -0.39 is 10.0 Å². The molecule has 1 saturated heterocycles. The molecule has 0 spiro atoms. The van der Waals surface area contributed by atoms with Crippen molar-refractivity contribution < 1.29 is 17.9 Å². The first-order valence-electron chi connectivity index (χ1n) is 9.34. The molecule has 152 valence electrons. The molecule has 1 aliphatic heterocycles. The highest BCUT2D eigenvalue weighted by Crippen LogP contribution is 2.21. The second kappa shape index (κ2) is 9.64. The monoisotopic (exact) mass is 397 g/mol. The molecule has 2 rings (SSSR count). The standard InChI is InChI=1S/C19H31N3O4S/c1-15-13-16(2)19(17(3)14-15)27(24,25)20-5-6-22(18(4)23)8-7-21-9-11-26-12-10-21/h13-14,20H,5-12H2,1-4H3. The molecule has 0 aliphatic carbocycles. The molecule has 0 saturated carbocycles. The van der Waals surface area contributed by atoms with Crippen LogP contribution in [0.1, 0.15) is 23.6 Å². The summed E-state index contributed by atoms with van der Waals surface area (Å²) in [6.45, 7) is 12.1. The molecule has 1 amide bonds. The van der Waals surface area contributed by atoms with Gasteiger partial charge in [0.2, 0.25) is 15.9 Å². The van der Waals surface area contributed by atoms with Crippen molar-refractivity contribution in [2.24, 2.45) is 0 Å². The number of hydrogen-bond donors (Lipinski definition) is 1. The lowest BCUT2D eigenvalue weighted by molar-refractivity contribution is -0.129. The maximum absolute atomic E-state index is 12.7. The first-order chi connectivity index (χ1) is 12.7. The van der Waals surface area contributed by atoms with Crippen LogP contribution in [-0.2, 0) is 19.6 Å². The van der Waals surface area contributed by atoms with Crippen LogP contribution in [0.25, 0.3) is 0 Å². The highest BCUT2D eigenvalue weighted by Gasteiger charge is 2.20. The Hall–Kier alpha value is -1.48. The normalized spacial score (nSPS) is 15.7. The third-order valence-corrected chi connectivity index (χ3v) is 6.55. The molecule has 0 radical (unpaired) electrons. The lowest BCUT2D eigenvalue weighted by Crippen LogP contribution is -2.44. The number of ether oxygens (including phenoxy) is 1. The Kier molecular flexibility index (Phi) is 7.79. The first kappa shape index (κ1) is 21.8. The highest BCUT2D eigenvalue weighted by atomic mass is 32.2. The summed E-state index contributed by atoms with van der Waals surface area (Å²) in [5.41, 5.74) is 2.50. The van der Waals surface area contributed by atoms with Crippen molar-refractivity contribution in [3.8, 4) is 0 Å². The summed E-state index contributed by atoms with van der Waals surface area (Å²) in [7, 11) is -3.61. The molecule has 1 aromatic carbocycles. The molecule has 27 heavy (non-hydrogen) atoms. The fourth-order valence-electron chi connectivity index (χ4n) is 3.49. The van der Waals surface area contributed by atoms with Gasteiger partial charge in [0.05, 0.1) is 18.1 Å². The second-order valence-corrected chi connectivity index (χ2v) is 8.79. The molecule has 8 heteroatoms. The fraction of sp³-hybridized carbons (Fsp3) is 0.632. The van der Waals surface area contributed by atoms with E-state index in [1.165, 1.54) is 6.92 Å². The largest absolute Gasteiger partial charge is 0.379 e. The van der Waals surface area contributed by atoms with Gasteiger partial charge in [0.25, 0.3) is 0 Å². The number of nitrogens with one attached hydrogen (secondary N) is 1. The SMILES string of the molecule is CC(=O)N(CCNS(=O)(=O)c1c(C)cc(C)cc1C)CCN1CCOCC1. The summed E-state index contributed by atoms with van der Waals surface area (Å²) in [5.74, 6) is -0.0508. The number of nitrogens with zero attached hydrogens (tertiary/aromatic N) is 2. The van der Waals surface area contributed by atoms with Crippen LogP contribution in [0.4, 0.5) is 0 Å². The number of amides is 1. The zero-order chi connectivity index (χ0) is 20.0. The van der Waals surface area contributed by atoms with Crippen LogP contribution in [0, 0.1) is 20.8 Å². The van der Waals surface area contributed by atoms with Crippen LogP contribution < -0.4 is 4.72 Å². The van der Waals surface area contributed by atoms with E-state index in [1.54, 1.807) is 18.7 Å². The second-order valence-electron chi connectivity index (χ2n) is 7.09. The van der Waals surface area contributed by atoms with E-state index >= 15 is 0 Å². The zero-order valence-electron chi connectivity index (χ0n) is 16.7. The van der Waals surface area contributed by atoms with Crippen molar-refractivity contribution in [2.45, 2.75) is 32.6 Å². The Bertz CT molecular complexity index is 735. The van der Waals surface area contributed by atoms with Crippen LogP contribution >= 0.6 is 0 Å². The number of aryl methyl sites for hydroxylation is 3. The summed E-state index contributed by atoms with van der Waals surface area (Å²) in [6.07, 6.45) is 0. The Morgan fingerprint density at radius 2 is 1.74 bits per heavy atom. The van der Waals surface area contributed by atoms with Crippen molar-refractivity contribution >= 4 is 15.9 Å². The van der Waals surface area contributed by atoms with E-state index in [4.69, 9.17) is 4.74 Å². The van der Waals surface area contributed by atoms with Crippen molar-refractivity contribution in [2.75, 3.05) is 52.5 Å². The smallest absolute Gasteiger partial charge is 0.241 e. The first-order valence-corrected chi connectivity index (χ1v) is 10.8. The van der Waals surface area contributed by atoms with Crippen LogP contribution in [0.15, 0.2) is 17.0 Å². The Morgan fingerprint density at radius 1 is 1.15 bits per heavy atom. The topological polar surface area (TPSA) is 79.0 Å². The van der Waals surface area contributed by atoms with Crippen molar-refractivity contribution in [3.05, 3.63) is 28.8 Å². The van der Waals surface area contributed by atoms with Gasteiger partial charge in [-0.1, -0.05) is 17.7 Å². The summed E-state index contributed by atoms with van der Waals surface area (Å²) in [4.78, 5) is 16.2. The number of morpholine rings is 1. The molecule has 1 fully saturated rings. The minimum atomic E-state index is -3.61. The number of sulfonamides is 1. The molecular formula is C19H31N3O4S. The lowest BCUT2D eigenvalue weighted by Gasteiger charge is -2.29. The number of hydrogen-bond acceptors (Lipinski definition) is 5. The lowest BCUT2D eigenvalue weighted by atomic mass is 10.1. The van der Waals surface area contributed by atoms with Crippen LogP contribution in [0.5, 0.6) is 0 Å². The fourth-order valence-corrected chi connectivity index (χ4v) is 4.96. The van der Waals surface area contributed by atoms with Crippen LogP contribution in [0.2, 0.25) is 0 Å². The molecule has 7 nitrogen and oxygen atoms in total. The molecule has 1 heterocycles. The van der Waals surface area contributed by atoms with Gasteiger partial charge in [-0.05, 0) is 31.9 Å². The predicted octanol–water partition coefficient (Wildman–Crippen LogP) is 1.07. The van der Waals surface area contributed by atoms with Gasteiger partial charge in [-0.2, -0.15) is 0 Å². The van der Waals surface area contributed by atoms with E-state index in [2.05, 4.69) is 9.62 Å². The van der Waals surface area contributed by atoms with Gasteiger partial charge < -0.3 is 9.64 Å². The summed E-state index contributed by atoms with van der Waals surface area (Å²) in [5, 5.41) is 0. The molecule has 1 aliphatic rings. The van der Waals surface area contributed by atoms with Crippen molar-refractivity contribution in [3.63, 3.8) is 0 Å². The van der Waals surface area contributed by atoms with Gasteiger partial charge in [-0.25, -0.2) is 13.1 Å². The summed E-state index contributed by atoms with van der Waals surface area (Å²) < 4.78 is 33.4. The van der Waals surface area contributed by atoms with Gasteiger partial charge >= 0.3 is 0 Å². The Labute approximate surface area is 162 Å². The molecule has 1 N–H and O–H groups in total. The average Bonchev–Trinajstić information content (AvgIpc) is 2.57.